The van der Waals surface area contributed by atoms with E-state index in [0.29, 0.717) is 14.5 Å². The summed E-state index contributed by atoms with van der Waals surface area (Å²) in [5.41, 5.74) is 0. The van der Waals surface area contributed by atoms with Crippen molar-refractivity contribution in [2.75, 3.05) is 0 Å². The van der Waals surface area contributed by atoms with Gasteiger partial charge in [0.2, 0.25) is 0 Å². The summed E-state index contributed by atoms with van der Waals surface area (Å²) in [4.78, 5) is 0. The molecule has 0 fully saturated rings. The van der Waals surface area contributed by atoms with Crippen molar-refractivity contribution in [3.63, 3.8) is 0 Å². The van der Waals surface area contributed by atoms with Gasteiger partial charge < -0.3 is 0 Å². The van der Waals surface area contributed by atoms with E-state index in [2.05, 4.69) is 58.4 Å². The van der Waals surface area contributed by atoms with Gasteiger partial charge in [-0.25, -0.2) is 0 Å². The Morgan fingerprint density at radius 3 is 2.57 bits per heavy atom. The molecule has 0 saturated heterocycles. The quantitative estimate of drug-likeness (QED) is 0.554. The van der Waals surface area contributed by atoms with Gasteiger partial charge in [-0.3, -0.25) is 0 Å². The van der Waals surface area contributed by atoms with Crippen molar-refractivity contribution in [2.24, 2.45) is 0 Å². The molecule has 0 amide bonds. The van der Waals surface area contributed by atoms with Crippen LogP contribution in [-0.2, 0) is 0 Å². The SMILES string of the molecule is Brc1ccc2[se]c3ccccc3c2c1. The molecule has 3 rings (SSSR count). The molecular weight excluding hydrogens is 303 g/mol. The number of benzene rings is 2. The van der Waals surface area contributed by atoms with Crippen LogP contribution < -0.4 is 0 Å². The Bertz CT molecular complexity index is 610. The van der Waals surface area contributed by atoms with E-state index in [1.807, 2.05) is 0 Å². The van der Waals surface area contributed by atoms with Crippen LogP contribution in [0.4, 0.5) is 0 Å². The number of fused-ring (bicyclic) bond motifs is 3. The summed E-state index contributed by atoms with van der Waals surface area (Å²) in [5, 5.41) is 2.83. The number of hydrogen-bond donors (Lipinski definition) is 0. The third-order valence-electron chi connectivity index (χ3n) is 2.34. The second-order valence-electron chi connectivity index (χ2n) is 3.24. The molecule has 0 aliphatic carbocycles. The zero-order valence-corrected chi connectivity index (χ0v) is 10.6. The van der Waals surface area contributed by atoms with Crippen LogP contribution in [0.2, 0.25) is 0 Å². The summed E-state index contributed by atoms with van der Waals surface area (Å²) in [6, 6.07) is 15.3. The fourth-order valence-electron chi connectivity index (χ4n) is 1.70. The Hall–Kier alpha value is -0.561. The van der Waals surface area contributed by atoms with Crippen molar-refractivity contribution in [1.82, 2.24) is 0 Å². The van der Waals surface area contributed by atoms with E-state index in [-0.39, 0.29) is 0 Å². The van der Waals surface area contributed by atoms with Gasteiger partial charge in [0, 0.05) is 0 Å². The number of rotatable bonds is 0. The zero-order chi connectivity index (χ0) is 9.54. The van der Waals surface area contributed by atoms with Crippen molar-refractivity contribution in [3.8, 4) is 0 Å². The fraction of sp³-hybridized carbons (Fsp3) is 0. The second-order valence-corrected chi connectivity index (χ2v) is 6.43. The van der Waals surface area contributed by atoms with Gasteiger partial charge in [0.1, 0.15) is 0 Å². The standard InChI is InChI=1S/C12H7BrSe/c13-8-5-6-12-10(7-8)9-3-1-2-4-11(9)14-12/h1-7H. The van der Waals surface area contributed by atoms with E-state index in [0.717, 1.165) is 0 Å². The molecule has 0 N–H and O–H groups in total. The maximum atomic E-state index is 3.52. The maximum absolute atomic E-state index is 3.52. The Morgan fingerprint density at radius 2 is 1.64 bits per heavy atom. The summed E-state index contributed by atoms with van der Waals surface area (Å²) >= 11 is 4.03. The van der Waals surface area contributed by atoms with E-state index >= 15 is 0 Å². The Labute approximate surface area is 96.4 Å². The molecule has 68 valence electrons. The summed E-state index contributed by atoms with van der Waals surface area (Å²) in [6.45, 7) is 0. The van der Waals surface area contributed by atoms with Crippen molar-refractivity contribution in [2.45, 2.75) is 0 Å². The molecule has 1 aromatic heterocycles. The van der Waals surface area contributed by atoms with Crippen LogP contribution in [0.1, 0.15) is 0 Å². The molecule has 0 unspecified atom stereocenters. The number of halogens is 1. The van der Waals surface area contributed by atoms with Gasteiger partial charge in [-0.05, 0) is 0 Å². The Morgan fingerprint density at radius 1 is 0.857 bits per heavy atom. The van der Waals surface area contributed by atoms with Crippen LogP contribution in [0.5, 0.6) is 0 Å². The molecule has 0 radical (unpaired) electrons. The minimum absolute atomic E-state index is 0.507. The third-order valence-corrected chi connectivity index (χ3v) is 5.25. The van der Waals surface area contributed by atoms with E-state index in [1.54, 1.807) is 0 Å². The summed E-state index contributed by atoms with van der Waals surface area (Å²) in [6.07, 6.45) is 0. The Balaban J connectivity index is 2.58. The van der Waals surface area contributed by atoms with Gasteiger partial charge >= 0.3 is 96.7 Å². The summed E-state index contributed by atoms with van der Waals surface area (Å²) in [5.74, 6) is 0. The van der Waals surface area contributed by atoms with Crippen molar-refractivity contribution >= 4 is 49.7 Å². The molecule has 14 heavy (non-hydrogen) atoms. The first-order chi connectivity index (χ1) is 6.84. The second kappa shape index (κ2) is 3.23. The van der Waals surface area contributed by atoms with Crippen LogP contribution in [0.3, 0.4) is 0 Å². The summed E-state index contributed by atoms with van der Waals surface area (Å²) < 4.78 is 4.18. The topological polar surface area (TPSA) is 0 Å². The number of hydrogen-bond acceptors (Lipinski definition) is 0. The van der Waals surface area contributed by atoms with Crippen molar-refractivity contribution in [1.29, 1.82) is 0 Å². The molecule has 0 aliphatic heterocycles. The van der Waals surface area contributed by atoms with Gasteiger partial charge in [0.25, 0.3) is 0 Å². The first-order valence-corrected chi connectivity index (χ1v) is 6.92. The van der Waals surface area contributed by atoms with Gasteiger partial charge in [0.15, 0.2) is 0 Å². The zero-order valence-electron chi connectivity index (χ0n) is 7.33. The molecule has 2 heteroatoms. The van der Waals surface area contributed by atoms with Gasteiger partial charge in [-0.1, -0.05) is 0 Å². The molecular formula is C12H7BrSe. The monoisotopic (exact) mass is 310 g/mol. The van der Waals surface area contributed by atoms with Gasteiger partial charge in [-0.15, -0.1) is 0 Å². The molecule has 0 bridgehead atoms. The van der Waals surface area contributed by atoms with Crippen LogP contribution in [0.25, 0.3) is 19.3 Å². The van der Waals surface area contributed by atoms with Crippen LogP contribution in [-0.4, -0.2) is 14.5 Å². The van der Waals surface area contributed by atoms with Crippen LogP contribution in [0.15, 0.2) is 46.9 Å². The van der Waals surface area contributed by atoms with E-state index in [1.165, 1.54) is 23.8 Å². The molecule has 0 nitrogen and oxygen atoms in total. The van der Waals surface area contributed by atoms with Crippen LogP contribution >= 0.6 is 15.9 Å². The first kappa shape index (κ1) is 8.72. The molecule has 2 aromatic carbocycles. The van der Waals surface area contributed by atoms with Crippen molar-refractivity contribution in [3.05, 3.63) is 46.9 Å². The molecule has 0 spiro atoms. The molecule has 0 saturated carbocycles. The molecule has 3 aromatic rings. The Kier molecular flexibility index (Phi) is 2.01. The minimum atomic E-state index is 0.507. The summed E-state index contributed by atoms with van der Waals surface area (Å²) in [7, 11) is 0. The third kappa shape index (κ3) is 1.26. The van der Waals surface area contributed by atoms with Gasteiger partial charge in [0.05, 0.1) is 0 Å². The normalized spacial score (nSPS) is 11.2. The van der Waals surface area contributed by atoms with E-state index < -0.39 is 0 Å². The predicted octanol–water partition coefficient (Wildman–Crippen LogP) is 3.81. The predicted molar refractivity (Wildman–Crippen MR) is 66.1 cm³/mol. The average molecular weight is 310 g/mol. The van der Waals surface area contributed by atoms with Gasteiger partial charge in [-0.2, -0.15) is 0 Å². The molecule has 1 heterocycles. The average Bonchev–Trinajstić information content (AvgIpc) is 2.56. The van der Waals surface area contributed by atoms with E-state index in [9.17, 15) is 0 Å². The fourth-order valence-corrected chi connectivity index (χ4v) is 4.34. The van der Waals surface area contributed by atoms with Crippen LogP contribution in [0, 0.1) is 0 Å². The van der Waals surface area contributed by atoms with E-state index in [4.69, 9.17) is 0 Å². The van der Waals surface area contributed by atoms with Crippen molar-refractivity contribution < 1.29 is 0 Å². The first-order valence-electron chi connectivity index (χ1n) is 4.41. The molecule has 0 aliphatic rings. The molecule has 0 atom stereocenters.